The molecule has 0 heterocycles. The van der Waals surface area contributed by atoms with E-state index in [0.29, 0.717) is 11.3 Å². The van der Waals surface area contributed by atoms with E-state index in [0.717, 1.165) is 12.8 Å². The number of ketones is 1. The molecule has 2 atom stereocenters. The summed E-state index contributed by atoms with van der Waals surface area (Å²) in [5, 5.41) is 17.7. The minimum Gasteiger partial charge on any atom is -0.421 e. The molecule has 27 heavy (non-hydrogen) atoms. The molecule has 2 aromatic rings. The highest BCUT2D eigenvalue weighted by Gasteiger charge is 2.18. The van der Waals surface area contributed by atoms with Gasteiger partial charge in [0.1, 0.15) is 5.75 Å². The Morgan fingerprint density at radius 1 is 0.815 bits per heavy atom. The number of carbonyl (C=O) groups is 2. The molecular formula is C22H28O5. The lowest BCUT2D eigenvalue weighted by molar-refractivity contribution is -0.129. The first kappa shape index (κ1) is 22.5. The topological polar surface area (TPSA) is 83.8 Å². The molecule has 0 aromatic heterocycles. The average molecular weight is 372 g/mol. The lowest BCUT2D eigenvalue weighted by atomic mass is 9.89. The van der Waals surface area contributed by atoms with Crippen molar-refractivity contribution >= 4 is 11.8 Å². The smallest absolute Gasteiger partial charge is 0.385 e. The van der Waals surface area contributed by atoms with E-state index in [-0.39, 0.29) is 25.0 Å². The number of esters is 1. The van der Waals surface area contributed by atoms with Crippen LogP contribution in [-0.4, -0.2) is 35.2 Å². The van der Waals surface area contributed by atoms with Gasteiger partial charge in [0.05, 0.1) is 0 Å². The number of rotatable bonds is 8. The zero-order valence-electron chi connectivity index (χ0n) is 15.9. The Morgan fingerprint density at radius 2 is 1.26 bits per heavy atom. The summed E-state index contributed by atoms with van der Waals surface area (Å²) in [5.74, 6) is -0.580. The van der Waals surface area contributed by atoms with Gasteiger partial charge in [-0.25, -0.2) is 4.79 Å². The van der Waals surface area contributed by atoms with Crippen molar-refractivity contribution in [2.24, 2.45) is 11.8 Å². The van der Waals surface area contributed by atoms with Gasteiger partial charge >= 0.3 is 5.97 Å². The minimum absolute atomic E-state index is 0.204. The maximum Gasteiger partial charge on any atom is 0.385 e. The normalized spacial score (nSPS) is 12.3. The quantitative estimate of drug-likeness (QED) is 0.321. The predicted molar refractivity (Wildman–Crippen MR) is 105 cm³/mol. The summed E-state index contributed by atoms with van der Waals surface area (Å²) in [5.41, 5.74) is 0.327. The van der Waals surface area contributed by atoms with E-state index in [2.05, 4.69) is 0 Å². The molecule has 0 amide bonds. The first-order chi connectivity index (χ1) is 13.1. The van der Waals surface area contributed by atoms with Gasteiger partial charge < -0.3 is 14.9 Å². The van der Waals surface area contributed by atoms with Crippen LogP contribution >= 0.6 is 0 Å². The molecule has 0 spiro atoms. The fraction of sp³-hybridized carbons (Fsp3) is 0.364. The third-order valence-electron chi connectivity index (χ3n) is 4.36. The van der Waals surface area contributed by atoms with Crippen LogP contribution in [0.15, 0.2) is 60.7 Å². The van der Waals surface area contributed by atoms with Gasteiger partial charge in [-0.05, 0) is 24.0 Å². The summed E-state index contributed by atoms with van der Waals surface area (Å²) in [6.45, 7) is 4.49. The first-order valence-electron chi connectivity index (χ1n) is 9.15. The van der Waals surface area contributed by atoms with Gasteiger partial charge in [-0.15, -0.1) is 0 Å². The highest BCUT2D eigenvalue weighted by atomic mass is 16.5. The van der Waals surface area contributed by atoms with Crippen LogP contribution in [0.25, 0.3) is 0 Å². The zero-order valence-corrected chi connectivity index (χ0v) is 15.9. The van der Waals surface area contributed by atoms with Crippen LogP contribution in [0.2, 0.25) is 0 Å². The standard InChI is InChI=1S/C14H10O3.C8H18O2/c15-13(11-7-3-1-4-8-11)14(16)17-12-9-5-2-6-10-12;1-3-7(5-9)8(4-2)6-10/h1-10H;7-10H,3-6H2,1-2H3. The number of carbonyl (C=O) groups excluding carboxylic acids is 2. The SMILES string of the molecule is CCC(CO)C(CC)CO.O=C(Oc1ccccc1)C(=O)c1ccccc1. The predicted octanol–water partition coefficient (Wildman–Crippen LogP) is 3.50. The van der Waals surface area contributed by atoms with Gasteiger partial charge in [-0.2, -0.15) is 0 Å². The molecular weight excluding hydrogens is 344 g/mol. The number of aliphatic hydroxyl groups excluding tert-OH is 2. The maximum absolute atomic E-state index is 11.7. The van der Waals surface area contributed by atoms with Crippen molar-refractivity contribution in [3.8, 4) is 5.75 Å². The Bertz CT molecular complexity index is 652. The Hall–Kier alpha value is -2.50. The van der Waals surface area contributed by atoms with E-state index in [1.54, 1.807) is 60.7 Å². The summed E-state index contributed by atoms with van der Waals surface area (Å²) in [6.07, 6.45) is 1.91. The number of benzene rings is 2. The lowest BCUT2D eigenvalue weighted by Crippen LogP contribution is -2.20. The molecule has 2 aromatic carbocycles. The van der Waals surface area contributed by atoms with Gasteiger partial charge in [0, 0.05) is 18.8 Å². The molecule has 2 rings (SSSR count). The molecule has 0 aliphatic rings. The number of aliphatic hydroxyl groups is 2. The van der Waals surface area contributed by atoms with Crippen molar-refractivity contribution in [2.45, 2.75) is 26.7 Å². The third-order valence-corrected chi connectivity index (χ3v) is 4.36. The van der Waals surface area contributed by atoms with Gasteiger partial charge in [0.15, 0.2) is 0 Å². The summed E-state index contributed by atoms with van der Waals surface area (Å²) < 4.78 is 4.94. The van der Waals surface area contributed by atoms with Crippen LogP contribution < -0.4 is 4.74 Å². The summed E-state index contributed by atoms with van der Waals surface area (Å²) in [4.78, 5) is 23.2. The van der Waals surface area contributed by atoms with E-state index in [1.807, 2.05) is 13.8 Å². The van der Waals surface area contributed by atoms with Crippen molar-refractivity contribution in [1.82, 2.24) is 0 Å². The molecule has 2 unspecified atom stereocenters. The number of hydrogen-bond acceptors (Lipinski definition) is 5. The van der Waals surface area contributed by atoms with E-state index >= 15 is 0 Å². The second kappa shape index (κ2) is 12.8. The molecule has 5 nitrogen and oxygen atoms in total. The maximum atomic E-state index is 11.7. The molecule has 0 aliphatic heterocycles. The van der Waals surface area contributed by atoms with Crippen molar-refractivity contribution in [2.75, 3.05) is 13.2 Å². The zero-order chi connectivity index (χ0) is 20.1. The van der Waals surface area contributed by atoms with Gasteiger partial charge in [0.25, 0.3) is 5.78 Å². The fourth-order valence-corrected chi connectivity index (χ4v) is 2.57. The molecule has 0 saturated heterocycles. The monoisotopic (exact) mass is 372 g/mol. The fourth-order valence-electron chi connectivity index (χ4n) is 2.57. The Labute approximate surface area is 160 Å². The lowest BCUT2D eigenvalue weighted by Gasteiger charge is -2.20. The van der Waals surface area contributed by atoms with Gasteiger partial charge in [-0.1, -0.05) is 75.2 Å². The Morgan fingerprint density at radius 3 is 1.67 bits per heavy atom. The largest absolute Gasteiger partial charge is 0.421 e. The van der Waals surface area contributed by atoms with Crippen LogP contribution in [0.4, 0.5) is 0 Å². The molecule has 0 fully saturated rings. The van der Waals surface area contributed by atoms with Gasteiger partial charge in [-0.3, -0.25) is 4.79 Å². The summed E-state index contributed by atoms with van der Waals surface area (Å²) in [6, 6.07) is 16.8. The van der Waals surface area contributed by atoms with Crippen molar-refractivity contribution < 1.29 is 24.5 Å². The van der Waals surface area contributed by atoms with Crippen molar-refractivity contribution in [1.29, 1.82) is 0 Å². The molecule has 2 N–H and O–H groups in total. The molecule has 0 aliphatic carbocycles. The van der Waals surface area contributed by atoms with Crippen LogP contribution in [0.3, 0.4) is 0 Å². The Kier molecular flexibility index (Phi) is 10.7. The van der Waals surface area contributed by atoms with Crippen molar-refractivity contribution in [3.05, 3.63) is 66.2 Å². The third kappa shape index (κ3) is 7.72. The minimum atomic E-state index is -0.873. The van der Waals surface area contributed by atoms with Crippen LogP contribution in [0.5, 0.6) is 5.75 Å². The summed E-state index contributed by atoms with van der Waals surface area (Å²) in [7, 11) is 0. The molecule has 0 bridgehead atoms. The van der Waals surface area contributed by atoms with Crippen LogP contribution in [-0.2, 0) is 4.79 Å². The van der Waals surface area contributed by atoms with Crippen LogP contribution in [0, 0.1) is 11.8 Å². The molecule has 5 heteroatoms. The number of ether oxygens (including phenoxy) is 1. The molecule has 0 radical (unpaired) electrons. The Balaban J connectivity index is 0.000000314. The second-order valence-electron chi connectivity index (χ2n) is 6.10. The van der Waals surface area contributed by atoms with E-state index in [4.69, 9.17) is 14.9 Å². The van der Waals surface area contributed by atoms with E-state index in [1.165, 1.54) is 0 Å². The van der Waals surface area contributed by atoms with E-state index < -0.39 is 11.8 Å². The van der Waals surface area contributed by atoms with Gasteiger partial charge in [0.2, 0.25) is 0 Å². The number of hydrogen-bond donors (Lipinski definition) is 2. The highest BCUT2D eigenvalue weighted by Crippen LogP contribution is 2.17. The second-order valence-corrected chi connectivity index (χ2v) is 6.10. The van der Waals surface area contributed by atoms with Crippen LogP contribution in [0.1, 0.15) is 37.0 Å². The number of Topliss-reactive ketones (excluding diaryl/α,β-unsaturated/α-hetero) is 1. The summed E-state index contributed by atoms with van der Waals surface area (Å²) >= 11 is 0. The number of para-hydroxylation sites is 1. The van der Waals surface area contributed by atoms with E-state index in [9.17, 15) is 9.59 Å². The van der Waals surface area contributed by atoms with Crippen molar-refractivity contribution in [3.63, 3.8) is 0 Å². The molecule has 0 saturated carbocycles. The average Bonchev–Trinajstić information content (AvgIpc) is 2.73. The highest BCUT2D eigenvalue weighted by molar-refractivity contribution is 6.41. The first-order valence-corrected chi connectivity index (χ1v) is 9.15. The molecule has 146 valence electrons.